The van der Waals surface area contributed by atoms with E-state index in [0.717, 1.165) is 53.5 Å². The van der Waals surface area contributed by atoms with Crippen molar-refractivity contribution in [2.24, 2.45) is 0 Å². The first kappa shape index (κ1) is 78.3. The molecule has 2 aliphatic rings. The Morgan fingerprint density at radius 3 is 0.875 bits per heavy atom. The van der Waals surface area contributed by atoms with Gasteiger partial charge in [-0.1, -0.05) is 153 Å². The third-order valence-electron chi connectivity index (χ3n) is 17.7. The molecule has 0 saturated carbocycles. The normalized spacial score (nSPS) is 24.8. The van der Waals surface area contributed by atoms with Gasteiger partial charge in [0.15, 0.2) is 0 Å². The van der Waals surface area contributed by atoms with E-state index >= 15 is 0 Å². The molecule has 0 amide bonds. The van der Waals surface area contributed by atoms with Crippen LogP contribution in [0.15, 0.2) is 122 Å². The third kappa shape index (κ3) is 21.7. The molecule has 2 saturated heterocycles. The van der Waals surface area contributed by atoms with E-state index in [4.69, 9.17) is 39.5 Å². The van der Waals surface area contributed by atoms with Gasteiger partial charge in [0, 0.05) is 79.1 Å². The molecular formula is C64H122N4O8Si12. The fraction of sp³-hybridized carbons (Fsp3) is 0.562. The van der Waals surface area contributed by atoms with Crippen LogP contribution in [0.2, 0.25) is 167 Å². The van der Waals surface area contributed by atoms with Crippen molar-refractivity contribution in [3.63, 3.8) is 0 Å². The average Bonchev–Trinajstić information content (AvgIpc) is 0.773. The lowest BCUT2D eigenvalue weighted by Gasteiger charge is -2.50. The van der Waals surface area contributed by atoms with Crippen LogP contribution in [0, 0.1) is 0 Å². The Labute approximate surface area is 550 Å². The number of hydrogen-bond acceptors (Lipinski definition) is 12. The van der Waals surface area contributed by atoms with Crippen molar-refractivity contribution in [2.75, 3.05) is 76.0 Å². The van der Waals surface area contributed by atoms with Crippen molar-refractivity contribution in [1.29, 1.82) is 0 Å². The summed E-state index contributed by atoms with van der Waals surface area (Å²) in [5.74, 6) is 0. The number of anilines is 4. The number of nitrogens with zero attached hydrogens (tertiary/aromatic N) is 4. The summed E-state index contributed by atoms with van der Waals surface area (Å²) >= 11 is 0. The van der Waals surface area contributed by atoms with E-state index in [2.05, 4.69) is 318 Å². The van der Waals surface area contributed by atoms with Crippen LogP contribution in [0.4, 0.5) is 22.7 Å². The molecule has 4 aromatic carbocycles. The fourth-order valence-electron chi connectivity index (χ4n) is 12.7. The van der Waals surface area contributed by atoms with Gasteiger partial charge in [-0.2, -0.15) is 0 Å². The minimum absolute atomic E-state index is 0.939. The van der Waals surface area contributed by atoms with Crippen LogP contribution >= 0.6 is 0 Å². The minimum atomic E-state index is -2.89. The molecule has 88 heavy (non-hydrogen) atoms. The Bertz CT molecular complexity index is 2840. The van der Waals surface area contributed by atoms with E-state index in [9.17, 15) is 0 Å². The summed E-state index contributed by atoms with van der Waals surface area (Å²) in [6.07, 6.45) is 1.05. The molecule has 2 aliphatic heterocycles. The molecular weight excluding hydrogens is 1290 g/mol. The Hall–Kier alpha value is -2.16. The zero-order valence-corrected chi connectivity index (χ0v) is 72.6. The van der Waals surface area contributed by atoms with Gasteiger partial charge < -0.3 is 52.5 Å². The highest BCUT2D eigenvalue weighted by Crippen LogP contribution is 2.41. The summed E-state index contributed by atoms with van der Waals surface area (Å²) in [7, 11) is -11.4. The van der Waals surface area contributed by atoms with Crippen LogP contribution in [-0.4, -0.2) is 157 Å². The van der Waals surface area contributed by atoms with E-state index in [0.29, 0.717) is 0 Å². The molecule has 0 spiro atoms. The van der Waals surface area contributed by atoms with E-state index in [1.165, 1.54) is 43.5 Å². The Kier molecular flexibility index (Phi) is 26.7. The maximum absolute atomic E-state index is 7.33. The predicted octanol–water partition coefficient (Wildman–Crippen LogP) is 15.2. The van der Waals surface area contributed by atoms with Crippen molar-refractivity contribution in [3.05, 3.63) is 122 Å². The quantitative estimate of drug-likeness (QED) is 0.0588. The van der Waals surface area contributed by atoms with E-state index in [1.807, 2.05) is 0 Å². The van der Waals surface area contributed by atoms with Crippen LogP contribution in [-0.2, 0) is 32.9 Å². The second kappa shape index (κ2) is 30.1. The standard InChI is InChI=1S/C32H62N2O4Si6.C30H56N2O4Si6.C2H4/c1-15-22-42(12)37-43(13,25-23-39(6,7)31-20-16-18-29(27-31)33(2)3)35-41(10,11)36-44(14,38-42)26-24-40(8,9)32-21-17-19-30(28-32)34(4)5;1-26(38(8,9)30-21-17-19-28(25-30)32(4)5)42(15)35-39(10,11)33-41(14,34-40(12,13)36-42)23-22-37(6,7)29-20-16-18-27(24-29)31(2)3;1-2/h16-21,27-28H,15,22-26H2,1-14H3;16-21,24-25H,1,22-23H2,2-15H3;1-2H2. The zero-order chi connectivity index (χ0) is 67.1. The molecule has 12 nitrogen and oxygen atoms in total. The summed E-state index contributed by atoms with van der Waals surface area (Å²) in [5.41, 5.74) is 4.99. The van der Waals surface area contributed by atoms with E-state index in [-0.39, 0.29) is 0 Å². The molecule has 2 fully saturated rings. The lowest BCUT2D eigenvalue weighted by atomic mass is 10.3. The van der Waals surface area contributed by atoms with Gasteiger partial charge in [-0.05, 0) is 150 Å². The molecule has 4 aromatic rings. The molecule has 494 valence electrons. The monoisotopic (exact) mass is 1410 g/mol. The molecule has 24 heteroatoms. The van der Waals surface area contributed by atoms with Crippen LogP contribution in [0.3, 0.4) is 0 Å². The first-order valence-corrected chi connectivity index (χ1v) is 65.5. The van der Waals surface area contributed by atoms with Crippen LogP contribution in [0.25, 0.3) is 0 Å². The Morgan fingerprint density at radius 2 is 0.602 bits per heavy atom. The zero-order valence-electron chi connectivity index (χ0n) is 60.6. The van der Waals surface area contributed by atoms with Gasteiger partial charge in [0.05, 0.1) is 24.2 Å². The lowest BCUT2D eigenvalue weighted by Crippen LogP contribution is -2.69. The van der Waals surface area contributed by atoms with Gasteiger partial charge >= 0.3 is 68.5 Å². The van der Waals surface area contributed by atoms with Gasteiger partial charge in [0.25, 0.3) is 0 Å². The van der Waals surface area contributed by atoms with Crippen LogP contribution < -0.4 is 40.3 Å². The molecule has 0 aliphatic carbocycles. The van der Waals surface area contributed by atoms with Crippen molar-refractivity contribution < 1.29 is 32.9 Å². The number of rotatable bonds is 21. The molecule has 2 unspecified atom stereocenters. The van der Waals surface area contributed by atoms with Crippen molar-refractivity contribution in [2.45, 2.75) is 180 Å². The second-order valence-corrected chi connectivity index (χ2v) is 78.2. The Morgan fingerprint density at radius 1 is 0.364 bits per heavy atom. The highest BCUT2D eigenvalue weighted by atomic mass is 28.5. The highest BCUT2D eigenvalue weighted by molar-refractivity contribution is 7.11. The summed E-state index contributed by atoms with van der Waals surface area (Å²) in [6.45, 7) is 57.1. The highest BCUT2D eigenvalue weighted by Gasteiger charge is 2.59. The van der Waals surface area contributed by atoms with E-state index < -0.39 is 101 Å². The van der Waals surface area contributed by atoms with Gasteiger partial charge in [-0.3, -0.25) is 0 Å². The summed E-state index contributed by atoms with van der Waals surface area (Å²) in [5, 5.41) is 5.80. The molecule has 0 N–H and O–H groups in total. The number of hydrogen-bond donors (Lipinski definition) is 0. The molecule has 0 bridgehead atoms. The van der Waals surface area contributed by atoms with Gasteiger partial charge in [-0.25, -0.2) is 0 Å². The fourth-order valence-corrected chi connectivity index (χ4v) is 77.9. The largest absolute Gasteiger partial charge is 0.416 e. The smallest absolute Gasteiger partial charge is 0.343 e. The lowest BCUT2D eigenvalue weighted by molar-refractivity contribution is 0.227. The first-order valence-electron chi connectivity index (χ1n) is 32.1. The molecule has 0 aromatic heterocycles. The maximum atomic E-state index is 7.33. The van der Waals surface area contributed by atoms with Crippen molar-refractivity contribution >= 4 is 144 Å². The molecule has 2 atom stereocenters. The SMILES string of the molecule is C=C.C=C([Si]1(C)O[Si](C)(C)O[Si](C)(CC[Si](C)(C)c2cccc(N(C)C)c2)O[Si](C)(C)O1)[Si](C)(C)c1cccc(N(C)C)c1.CCC[Si]1(C)O[Si](C)(CC[Si](C)(C)c2cccc(N(C)C)c2)O[Si](C)(C)O[Si](C)(CC[Si](C)(C)c2cccc(N(C)C)c2)O1. The van der Waals surface area contributed by atoms with Crippen LogP contribution in [0.5, 0.6) is 0 Å². The topological polar surface area (TPSA) is 86.8 Å². The van der Waals surface area contributed by atoms with Crippen molar-refractivity contribution in [1.82, 2.24) is 0 Å². The first-order chi connectivity index (χ1) is 40.1. The predicted molar refractivity (Wildman–Crippen MR) is 415 cm³/mol. The summed E-state index contributed by atoms with van der Waals surface area (Å²) < 4.78 is 57.6. The van der Waals surface area contributed by atoms with Crippen molar-refractivity contribution in [3.8, 4) is 0 Å². The summed E-state index contributed by atoms with van der Waals surface area (Å²) in [6, 6.07) is 43.4. The van der Waals surface area contributed by atoms with Gasteiger partial charge in [0.2, 0.25) is 0 Å². The van der Waals surface area contributed by atoms with Gasteiger partial charge in [-0.15, -0.1) is 19.7 Å². The Balaban J connectivity index is 0.000000366. The molecule has 2 heterocycles. The number of benzene rings is 4. The molecule has 0 radical (unpaired) electrons. The van der Waals surface area contributed by atoms with Gasteiger partial charge in [0.1, 0.15) is 8.07 Å². The average molecular weight is 1410 g/mol. The summed E-state index contributed by atoms with van der Waals surface area (Å²) in [4.78, 5) is 9.88. The second-order valence-electron chi connectivity index (χ2n) is 30.3. The maximum Gasteiger partial charge on any atom is 0.343 e. The third-order valence-corrected chi connectivity index (χ3v) is 70.6. The molecule has 6 rings (SSSR count). The van der Waals surface area contributed by atoms with Crippen LogP contribution in [0.1, 0.15) is 13.3 Å². The van der Waals surface area contributed by atoms with E-state index in [1.54, 1.807) is 0 Å². The minimum Gasteiger partial charge on any atom is -0.416 e.